The van der Waals surface area contributed by atoms with Crippen molar-refractivity contribution in [2.45, 2.75) is 27.7 Å². The molecule has 0 aliphatic rings. The summed E-state index contributed by atoms with van der Waals surface area (Å²) >= 11 is 0. The molecule has 0 atom stereocenters. The van der Waals surface area contributed by atoms with Crippen molar-refractivity contribution in [1.82, 2.24) is 0 Å². The number of carbonyl (C=O) groups excluding carboxylic acids is 1. The number of carboxylic acid groups (broad SMARTS) is 1. The Morgan fingerprint density at radius 2 is 1.50 bits per heavy atom. The highest BCUT2D eigenvalue weighted by Crippen LogP contribution is 2.32. The second kappa shape index (κ2) is 11.2. The van der Waals surface area contributed by atoms with Gasteiger partial charge in [0.15, 0.2) is 0 Å². The van der Waals surface area contributed by atoms with Crippen LogP contribution in [0.1, 0.15) is 27.7 Å². The van der Waals surface area contributed by atoms with Gasteiger partial charge >= 0.3 is 0 Å². The van der Waals surface area contributed by atoms with E-state index in [-0.39, 0.29) is 0 Å². The summed E-state index contributed by atoms with van der Waals surface area (Å²) in [6, 6.07) is 0. The molecule has 86 valence electrons. The van der Waals surface area contributed by atoms with Gasteiger partial charge in [-0.2, -0.15) is 0 Å². The van der Waals surface area contributed by atoms with Gasteiger partial charge in [0.05, 0.1) is 19.6 Å². The minimum Gasteiger partial charge on any atom is -0.554 e. The van der Waals surface area contributed by atoms with Crippen molar-refractivity contribution in [3.8, 4) is 0 Å². The summed E-state index contributed by atoms with van der Waals surface area (Å²) in [5.74, 6) is 1.21. The molecule has 0 heterocycles. The molecule has 0 aliphatic carbocycles. The SMILES string of the molecule is CCSS[N+](CC)(CC)CC.O=C[O-]. The van der Waals surface area contributed by atoms with Crippen molar-refractivity contribution < 1.29 is 13.8 Å². The molecule has 0 bridgehead atoms. The van der Waals surface area contributed by atoms with Gasteiger partial charge in [0.2, 0.25) is 0 Å². The highest BCUT2D eigenvalue weighted by atomic mass is 33.1. The molecule has 0 unspecified atom stereocenters. The smallest absolute Gasteiger partial charge is 0.147 e. The zero-order chi connectivity index (χ0) is 11.4. The summed E-state index contributed by atoms with van der Waals surface area (Å²) in [6.07, 6.45) is 0. The number of rotatable bonds is 6. The first kappa shape index (κ1) is 16.6. The first-order valence-corrected chi connectivity index (χ1v) is 7.16. The fourth-order valence-electron chi connectivity index (χ4n) is 0.993. The third-order valence-electron chi connectivity index (χ3n) is 2.06. The largest absolute Gasteiger partial charge is 0.554 e. The quantitative estimate of drug-likeness (QED) is 0.305. The van der Waals surface area contributed by atoms with E-state index >= 15 is 0 Å². The lowest BCUT2D eigenvalue weighted by atomic mass is 10.5. The number of quaternary nitrogens is 1. The van der Waals surface area contributed by atoms with Gasteiger partial charge < -0.3 is 9.90 Å². The molecule has 0 N–H and O–H groups in total. The molecule has 14 heavy (non-hydrogen) atoms. The van der Waals surface area contributed by atoms with Crippen LogP contribution in [-0.4, -0.2) is 35.7 Å². The van der Waals surface area contributed by atoms with Crippen LogP contribution in [-0.2, 0) is 4.79 Å². The number of hydrogen-bond donors (Lipinski definition) is 0. The maximum absolute atomic E-state index is 8.25. The molecule has 0 rings (SSSR count). The molecule has 0 radical (unpaired) electrons. The van der Waals surface area contributed by atoms with E-state index in [2.05, 4.69) is 27.7 Å². The average Bonchev–Trinajstić information content (AvgIpc) is 2.22. The second-order valence-electron chi connectivity index (χ2n) is 2.58. The summed E-state index contributed by atoms with van der Waals surface area (Å²) in [6.45, 7) is 12.3. The normalized spacial score (nSPS) is 10.3. The van der Waals surface area contributed by atoms with Crippen LogP contribution in [0.3, 0.4) is 0 Å². The van der Waals surface area contributed by atoms with E-state index in [1.165, 1.54) is 29.3 Å². The van der Waals surface area contributed by atoms with Crippen molar-refractivity contribution in [2.75, 3.05) is 25.4 Å². The lowest BCUT2D eigenvalue weighted by molar-refractivity contribution is -0.787. The third-order valence-corrected chi connectivity index (χ3v) is 5.46. The molecule has 0 saturated heterocycles. The van der Waals surface area contributed by atoms with Gasteiger partial charge in [-0.05, 0) is 31.6 Å². The first-order valence-electron chi connectivity index (χ1n) is 4.89. The van der Waals surface area contributed by atoms with Crippen LogP contribution in [0.25, 0.3) is 0 Å². The Bertz CT molecular complexity index is 122. The molecule has 0 aromatic rings. The maximum atomic E-state index is 8.25. The Hall–Kier alpha value is 0.130. The van der Waals surface area contributed by atoms with Crippen molar-refractivity contribution in [2.24, 2.45) is 0 Å². The van der Waals surface area contributed by atoms with Gasteiger partial charge in [0.25, 0.3) is 0 Å². The summed E-state index contributed by atoms with van der Waals surface area (Å²) in [5.41, 5.74) is 0. The summed E-state index contributed by atoms with van der Waals surface area (Å²) in [5, 5.41) is 8.25. The summed E-state index contributed by atoms with van der Waals surface area (Å²) in [7, 11) is 4.00. The molecule has 5 heteroatoms. The molecule has 0 aromatic carbocycles. The lowest BCUT2D eigenvalue weighted by Gasteiger charge is -2.31. The van der Waals surface area contributed by atoms with E-state index in [1.807, 2.05) is 21.8 Å². The summed E-state index contributed by atoms with van der Waals surface area (Å²) in [4.78, 5) is 8.25. The molecule has 0 fully saturated rings. The van der Waals surface area contributed by atoms with Crippen molar-refractivity contribution in [3.05, 3.63) is 0 Å². The minimum absolute atomic E-state index is 0.500. The van der Waals surface area contributed by atoms with E-state index in [0.717, 1.165) is 0 Å². The van der Waals surface area contributed by atoms with Crippen molar-refractivity contribution in [1.29, 1.82) is 0 Å². The van der Waals surface area contributed by atoms with Gasteiger partial charge in [0.1, 0.15) is 11.0 Å². The van der Waals surface area contributed by atoms with E-state index < -0.39 is 6.47 Å². The van der Waals surface area contributed by atoms with Crippen LogP contribution in [0.15, 0.2) is 0 Å². The van der Waals surface area contributed by atoms with E-state index in [9.17, 15) is 0 Å². The highest BCUT2D eigenvalue weighted by molar-refractivity contribution is 8.74. The molecular formula is C9H21NO2S2. The number of carbonyl (C=O) groups is 1. The predicted octanol–water partition coefficient (Wildman–Crippen LogP) is 1.55. The highest BCUT2D eigenvalue weighted by Gasteiger charge is 2.22. The zero-order valence-electron chi connectivity index (χ0n) is 9.49. The minimum atomic E-state index is -0.500. The lowest BCUT2D eigenvalue weighted by Crippen LogP contribution is -2.39. The van der Waals surface area contributed by atoms with Gasteiger partial charge in [-0.1, -0.05) is 6.92 Å². The Kier molecular flexibility index (Phi) is 13.3. The summed E-state index contributed by atoms with van der Waals surface area (Å²) < 4.78 is 1.19. The van der Waals surface area contributed by atoms with Gasteiger partial charge in [-0.25, -0.2) is 0 Å². The van der Waals surface area contributed by atoms with E-state index in [0.29, 0.717) is 0 Å². The molecule has 0 spiro atoms. The fraction of sp³-hybridized carbons (Fsp3) is 0.889. The van der Waals surface area contributed by atoms with Gasteiger partial charge in [-0.3, -0.25) is 3.89 Å². The number of nitrogens with zero attached hydrogens (tertiary/aromatic N) is 1. The topological polar surface area (TPSA) is 40.1 Å². The van der Waals surface area contributed by atoms with Crippen LogP contribution in [0.2, 0.25) is 0 Å². The average molecular weight is 239 g/mol. The van der Waals surface area contributed by atoms with Crippen LogP contribution in [0, 0.1) is 0 Å². The van der Waals surface area contributed by atoms with Crippen LogP contribution < -0.4 is 5.11 Å². The standard InChI is InChI=1S/C8H20NS2.CH2O2/c1-5-9(6-2,7-3)11-10-8-4;2-1-3/h5-8H2,1-4H3;1H,(H,2,3)/q+1;/p-1. The maximum Gasteiger partial charge on any atom is 0.147 e. The van der Waals surface area contributed by atoms with Crippen LogP contribution in [0.5, 0.6) is 0 Å². The molecule has 0 aromatic heterocycles. The van der Waals surface area contributed by atoms with Gasteiger partial charge in [-0.15, -0.1) is 0 Å². The Balaban J connectivity index is 0. The third kappa shape index (κ3) is 7.53. The van der Waals surface area contributed by atoms with Crippen molar-refractivity contribution in [3.63, 3.8) is 0 Å². The van der Waals surface area contributed by atoms with Gasteiger partial charge in [0, 0.05) is 12.2 Å². The Labute approximate surface area is 95.4 Å². The molecule has 0 amide bonds. The van der Waals surface area contributed by atoms with Crippen molar-refractivity contribution >= 4 is 28.2 Å². The predicted molar refractivity (Wildman–Crippen MR) is 63.7 cm³/mol. The molecule has 3 nitrogen and oxygen atoms in total. The molecule has 0 aliphatic heterocycles. The zero-order valence-corrected chi connectivity index (χ0v) is 11.1. The van der Waals surface area contributed by atoms with Crippen LogP contribution >= 0.6 is 21.8 Å². The molecular weight excluding hydrogens is 218 g/mol. The Morgan fingerprint density at radius 3 is 1.71 bits per heavy atom. The molecule has 0 saturated carbocycles. The van der Waals surface area contributed by atoms with Crippen LogP contribution in [0.4, 0.5) is 0 Å². The Morgan fingerprint density at radius 1 is 1.14 bits per heavy atom. The van der Waals surface area contributed by atoms with E-state index in [1.54, 1.807) is 0 Å². The number of hydrogen-bond acceptors (Lipinski definition) is 4. The first-order chi connectivity index (χ1) is 6.66. The second-order valence-corrected chi connectivity index (χ2v) is 5.48. The van der Waals surface area contributed by atoms with E-state index in [4.69, 9.17) is 9.90 Å². The fourth-order valence-corrected chi connectivity index (χ4v) is 3.57. The monoisotopic (exact) mass is 239 g/mol.